The molecular formula is C44H91O2PS2. The van der Waals surface area contributed by atoms with Crippen LogP contribution in [0.1, 0.15) is 271 Å². The Labute approximate surface area is 320 Å². The summed E-state index contributed by atoms with van der Waals surface area (Å²) >= 11 is 5.83. The topological polar surface area (TPSA) is 26.3 Å². The number of hydrogen-bond acceptors (Lipinski definition) is 3. The van der Waals surface area contributed by atoms with Gasteiger partial charge in [-0.2, -0.15) is 0 Å². The van der Waals surface area contributed by atoms with E-state index in [2.05, 4.69) is 26.1 Å². The highest BCUT2D eigenvalue weighted by Crippen LogP contribution is 2.64. The summed E-state index contributed by atoms with van der Waals surface area (Å²) in [5.41, 5.74) is 0. The van der Waals surface area contributed by atoms with E-state index < -0.39 is 5.77 Å². The number of unbranched alkanes of at least 4 members (excludes halogenated alkanes) is 38. The van der Waals surface area contributed by atoms with Crippen molar-refractivity contribution in [2.24, 2.45) is 0 Å². The van der Waals surface area contributed by atoms with Crippen molar-refractivity contribution in [2.75, 3.05) is 12.4 Å². The molecule has 0 saturated heterocycles. The lowest BCUT2D eigenvalue weighted by Gasteiger charge is -2.12. The fraction of sp³-hybridized carbons (Fsp3) is 1.00. The van der Waals surface area contributed by atoms with Crippen molar-refractivity contribution in [2.45, 2.75) is 271 Å². The Morgan fingerprint density at radius 3 is 0.796 bits per heavy atom. The van der Waals surface area contributed by atoms with Crippen molar-refractivity contribution >= 4 is 29.4 Å². The van der Waals surface area contributed by atoms with E-state index in [1.54, 1.807) is 0 Å². The Morgan fingerprint density at radius 2 is 0.551 bits per heavy atom. The van der Waals surface area contributed by atoms with Crippen LogP contribution in [-0.4, -0.2) is 12.4 Å². The minimum atomic E-state index is -2.77. The van der Waals surface area contributed by atoms with Crippen LogP contribution in [0.3, 0.4) is 0 Å². The summed E-state index contributed by atoms with van der Waals surface area (Å²) in [7, 11) is 0. The molecule has 1 unspecified atom stereocenters. The van der Waals surface area contributed by atoms with Crippen LogP contribution in [0.15, 0.2) is 0 Å². The van der Waals surface area contributed by atoms with Gasteiger partial charge >= 0.3 is 5.77 Å². The summed E-state index contributed by atoms with van der Waals surface area (Å²) < 4.78 is 18.3. The Hall–Kier alpha value is 0.890. The van der Waals surface area contributed by atoms with Crippen molar-refractivity contribution in [3.8, 4) is 0 Å². The molecule has 0 aromatic rings. The maximum absolute atomic E-state index is 12.6. The first kappa shape index (κ1) is 49.9. The van der Waals surface area contributed by atoms with Gasteiger partial charge in [0.25, 0.3) is 0 Å². The molecule has 0 aliphatic heterocycles. The Balaban J connectivity index is 3.24. The van der Waals surface area contributed by atoms with Crippen LogP contribution in [0.4, 0.5) is 0 Å². The third-order valence-corrected chi connectivity index (χ3v) is 15.0. The molecule has 0 N–H and O–H groups in total. The fourth-order valence-corrected chi connectivity index (χ4v) is 10.6. The van der Waals surface area contributed by atoms with Crippen LogP contribution in [0.25, 0.3) is 0 Å². The smallest absolute Gasteiger partial charge is 0.310 e. The molecule has 0 aliphatic rings. The largest absolute Gasteiger partial charge is 0.314 e. The minimum Gasteiger partial charge on any atom is -0.314 e. The molecule has 5 heteroatoms. The lowest BCUT2D eigenvalue weighted by Crippen LogP contribution is -1.90. The summed E-state index contributed by atoms with van der Waals surface area (Å²) in [4.78, 5) is 0. The number of hydrogen-bond donors (Lipinski definition) is 1. The molecule has 0 rings (SSSR count). The maximum Gasteiger partial charge on any atom is 0.310 e. The maximum atomic E-state index is 12.6. The number of thiol groups is 1. The summed E-state index contributed by atoms with van der Waals surface area (Å²) in [5.74, 6) is -1.86. The molecule has 0 heterocycles. The highest BCUT2D eigenvalue weighted by Gasteiger charge is 2.17. The molecule has 0 bridgehead atoms. The second-order valence-corrected chi connectivity index (χ2v) is 22.0. The van der Waals surface area contributed by atoms with Gasteiger partial charge in [0.15, 0.2) is 0 Å². The minimum absolute atomic E-state index is 0.603. The molecule has 0 aromatic carbocycles. The zero-order valence-corrected chi connectivity index (χ0v) is 36.4. The van der Waals surface area contributed by atoms with E-state index >= 15 is 0 Å². The molecule has 0 amide bonds. The predicted octanol–water partition coefficient (Wildman–Crippen LogP) is 18.4. The van der Waals surface area contributed by atoms with E-state index in [1.165, 1.54) is 255 Å². The second kappa shape index (κ2) is 43.3. The molecule has 0 fully saturated rings. The molecule has 0 aromatic heterocycles. The summed E-state index contributed by atoms with van der Waals surface area (Å²) in [6.07, 6.45) is 55.9. The second-order valence-electron chi connectivity index (χ2n) is 15.6. The molecule has 296 valence electrons. The van der Waals surface area contributed by atoms with E-state index in [1.807, 2.05) is 0 Å². The monoisotopic (exact) mass is 747 g/mol. The van der Waals surface area contributed by atoms with Crippen molar-refractivity contribution in [1.29, 1.82) is 0 Å². The first-order valence-corrected chi connectivity index (χ1v) is 27.1. The first-order chi connectivity index (χ1) is 24.1. The van der Waals surface area contributed by atoms with E-state index in [0.29, 0.717) is 6.61 Å². The molecule has 0 radical (unpaired) electrons. The molecule has 1 atom stereocenters. The van der Waals surface area contributed by atoms with Gasteiger partial charge in [0, 0.05) is 5.75 Å². The Kier molecular flexibility index (Phi) is 44.1. The van der Waals surface area contributed by atoms with Crippen molar-refractivity contribution < 1.29 is 9.09 Å². The standard InChI is InChI=1S/C44H91O2PS2/c1-3-5-7-9-11-13-15-17-19-21-23-25-27-29-31-33-35-37-39-41-43-46-47(45,48)49-44-42-40-38-36-34-32-30-28-26-24-22-20-18-16-14-12-10-8-6-4-2/h3-44H2,1-2H3,(H,45,48). The van der Waals surface area contributed by atoms with E-state index in [4.69, 9.17) is 4.52 Å². The van der Waals surface area contributed by atoms with Gasteiger partial charge in [-0.3, -0.25) is 4.57 Å². The van der Waals surface area contributed by atoms with Gasteiger partial charge in [0.05, 0.1) is 6.61 Å². The van der Waals surface area contributed by atoms with Gasteiger partial charge in [-0.1, -0.05) is 281 Å². The lowest BCUT2D eigenvalue weighted by molar-refractivity contribution is 0.321. The van der Waals surface area contributed by atoms with Crippen LogP contribution < -0.4 is 0 Å². The van der Waals surface area contributed by atoms with Crippen LogP contribution in [-0.2, 0) is 9.09 Å². The van der Waals surface area contributed by atoms with Crippen LogP contribution >= 0.6 is 29.4 Å². The SMILES string of the molecule is CCCCCCCCCCCCCCCCCCCCCCOP(=O)(S)SCCCCCCCCCCCCCCCCCCCCCC. The van der Waals surface area contributed by atoms with Crippen LogP contribution in [0.5, 0.6) is 0 Å². The van der Waals surface area contributed by atoms with Crippen molar-refractivity contribution in [3.05, 3.63) is 0 Å². The normalized spacial score (nSPS) is 13.0. The zero-order valence-electron chi connectivity index (χ0n) is 33.8. The molecule has 49 heavy (non-hydrogen) atoms. The Morgan fingerprint density at radius 1 is 0.347 bits per heavy atom. The van der Waals surface area contributed by atoms with Gasteiger partial charge < -0.3 is 4.52 Å². The van der Waals surface area contributed by atoms with E-state index in [-0.39, 0.29) is 0 Å². The molecule has 0 aliphatic carbocycles. The first-order valence-electron chi connectivity index (χ1n) is 22.7. The zero-order chi connectivity index (χ0) is 35.6. The van der Waals surface area contributed by atoms with Gasteiger partial charge in [-0.15, -0.1) is 0 Å². The molecule has 0 saturated carbocycles. The summed E-state index contributed by atoms with van der Waals surface area (Å²) in [6.45, 7) is 5.20. The van der Waals surface area contributed by atoms with Gasteiger partial charge in [-0.05, 0) is 12.8 Å². The van der Waals surface area contributed by atoms with Gasteiger partial charge in [0.2, 0.25) is 0 Å². The Bertz CT molecular complexity index is 596. The highest BCUT2D eigenvalue weighted by atomic mass is 33.1. The third kappa shape index (κ3) is 45.0. The summed E-state index contributed by atoms with van der Waals surface area (Å²) in [6, 6.07) is 0. The molecular weight excluding hydrogens is 656 g/mol. The average Bonchev–Trinajstić information content (AvgIpc) is 3.09. The summed E-state index contributed by atoms with van der Waals surface area (Å²) in [5, 5.41) is 0. The van der Waals surface area contributed by atoms with Gasteiger partial charge in [0.1, 0.15) is 0 Å². The molecule has 0 spiro atoms. The average molecular weight is 747 g/mol. The molecule has 2 nitrogen and oxygen atoms in total. The fourth-order valence-electron chi connectivity index (χ4n) is 7.11. The van der Waals surface area contributed by atoms with Crippen LogP contribution in [0.2, 0.25) is 0 Å². The van der Waals surface area contributed by atoms with Crippen LogP contribution in [0, 0.1) is 0 Å². The van der Waals surface area contributed by atoms with Crippen molar-refractivity contribution in [3.63, 3.8) is 0 Å². The third-order valence-electron chi connectivity index (χ3n) is 10.5. The number of rotatable bonds is 44. The highest BCUT2D eigenvalue weighted by molar-refractivity contribution is 8.84. The predicted molar refractivity (Wildman–Crippen MR) is 231 cm³/mol. The van der Waals surface area contributed by atoms with E-state index in [0.717, 1.165) is 18.6 Å². The van der Waals surface area contributed by atoms with E-state index in [9.17, 15) is 4.57 Å². The quantitative estimate of drug-likeness (QED) is 0.0382. The van der Waals surface area contributed by atoms with Gasteiger partial charge in [-0.25, -0.2) is 0 Å². The van der Waals surface area contributed by atoms with Crippen molar-refractivity contribution in [1.82, 2.24) is 0 Å². The lowest BCUT2D eigenvalue weighted by atomic mass is 10.0.